The van der Waals surface area contributed by atoms with E-state index in [1.165, 1.54) is 23.9 Å². The number of aromatic nitrogens is 2. The van der Waals surface area contributed by atoms with Gasteiger partial charge in [0.1, 0.15) is 11.9 Å². The van der Waals surface area contributed by atoms with Gasteiger partial charge in [-0.05, 0) is 29.8 Å². The van der Waals surface area contributed by atoms with Crippen LogP contribution in [0.25, 0.3) is 11.5 Å². The predicted molar refractivity (Wildman–Crippen MR) is 107 cm³/mol. The first-order valence-corrected chi connectivity index (χ1v) is 10.3. The molecule has 9 heteroatoms. The first-order chi connectivity index (χ1) is 14.1. The molecule has 1 amide bonds. The van der Waals surface area contributed by atoms with Crippen molar-refractivity contribution in [3.63, 3.8) is 0 Å². The normalized spacial score (nSPS) is 16.8. The highest BCUT2D eigenvalue weighted by molar-refractivity contribution is 7.99. The molecule has 1 aromatic heterocycles. The van der Waals surface area contributed by atoms with Crippen molar-refractivity contribution in [3.8, 4) is 11.5 Å². The highest BCUT2D eigenvalue weighted by atomic mass is 35.5. The summed E-state index contributed by atoms with van der Waals surface area (Å²) in [7, 11) is 0. The topological polar surface area (TPSA) is 68.5 Å². The van der Waals surface area contributed by atoms with Crippen LogP contribution < -0.4 is 0 Å². The second kappa shape index (κ2) is 8.94. The lowest BCUT2D eigenvalue weighted by atomic mass is 10.1. The average molecular weight is 434 g/mol. The zero-order valence-electron chi connectivity index (χ0n) is 15.3. The van der Waals surface area contributed by atoms with Crippen LogP contribution in [0.2, 0.25) is 5.02 Å². The van der Waals surface area contributed by atoms with E-state index in [0.717, 1.165) is 5.56 Å². The lowest BCUT2D eigenvalue weighted by Gasteiger charge is -2.33. The summed E-state index contributed by atoms with van der Waals surface area (Å²) in [6.07, 6.45) is -0.270. The molecule has 1 unspecified atom stereocenters. The Morgan fingerprint density at radius 2 is 2.00 bits per heavy atom. The number of nitrogens with zero attached hydrogens (tertiary/aromatic N) is 3. The molecule has 4 rings (SSSR count). The molecule has 2 heterocycles. The fraction of sp³-hybridized carbons (Fsp3) is 0.250. The van der Waals surface area contributed by atoms with Crippen molar-refractivity contribution in [1.82, 2.24) is 15.1 Å². The minimum absolute atomic E-state index is 0.0529. The van der Waals surface area contributed by atoms with Crippen LogP contribution in [-0.2, 0) is 9.53 Å². The van der Waals surface area contributed by atoms with Crippen LogP contribution in [0.3, 0.4) is 0 Å². The summed E-state index contributed by atoms with van der Waals surface area (Å²) in [5, 5.41) is 8.80. The molecule has 0 radical (unpaired) electrons. The molecule has 0 saturated carbocycles. The van der Waals surface area contributed by atoms with Crippen molar-refractivity contribution in [2.75, 3.05) is 25.4 Å². The molecule has 150 valence electrons. The summed E-state index contributed by atoms with van der Waals surface area (Å²) in [6.45, 7) is 1.35. The Morgan fingerprint density at radius 3 is 2.79 bits per heavy atom. The van der Waals surface area contributed by atoms with E-state index in [-0.39, 0.29) is 23.6 Å². The van der Waals surface area contributed by atoms with E-state index in [1.807, 2.05) is 12.1 Å². The van der Waals surface area contributed by atoms with Crippen molar-refractivity contribution in [3.05, 3.63) is 64.9 Å². The number of morpholine rings is 1. The van der Waals surface area contributed by atoms with E-state index in [1.54, 1.807) is 29.2 Å². The van der Waals surface area contributed by atoms with Crippen LogP contribution in [0.15, 0.2) is 58.2 Å². The molecule has 1 saturated heterocycles. The van der Waals surface area contributed by atoms with Gasteiger partial charge in [0.05, 0.1) is 29.5 Å². The minimum atomic E-state index is -0.301. The second-order valence-electron chi connectivity index (χ2n) is 6.39. The number of carbonyl (C=O) groups excluding carboxylic acids is 1. The fourth-order valence-corrected chi connectivity index (χ4v) is 3.86. The minimum Gasteiger partial charge on any atom is -0.411 e. The zero-order chi connectivity index (χ0) is 20.2. The molecule has 3 aromatic rings. The van der Waals surface area contributed by atoms with Gasteiger partial charge in [-0.25, -0.2) is 4.39 Å². The molecular weight excluding hydrogens is 417 g/mol. The number of rotatable bonds is 5. The molecule has 1 aliphatic heterocycles. The van der Waals surface area contributed by atoms with E-state index in [2.05, 4.69) is 10.2 Å². The fourth-order valence-electron chi connectivity index (χ4n) is 2.98. The van der Waals surface area contributed by atoms with Crippen molar-refractivity contribution in [1.29, 1.82) is 0 Å². The van der Waals surface area contributed by atoms with E-state index < -0.39 is 0 Å². The Morgan fingerprint density at radius 1 is 1.21 bits per heavy atom. The summed E-state index contributed by atoms with van der Waals surface area (Å²) in [5.41, 5.74) is 1.49. The van der Waals surface area contributed by atoms with Crippen molar-refractivity contribution >= 4 is 29.3 Å². The molecule has 1 aliphatic rings. The Hall–Kier alpha value is -2.42. The van der Waals surface area contributed by atoms with Gasteiger partial charge in [-0.1, -0.05) is 47.6 Å². The number of amides is 1. The quantitative estimate of drug-likeness (QED) is 0.561. The number of carbonyl (C=O) groups is 1. The number of benzene rings is 2. The van der Waals surface area contributed by atoms with Crippen molar-refractivity contribution < 1.29 is 18.3 Å². The van der Waals surface area contributed by atoms with E-state index >= 15 is 0 Å². The first kappa shape index (κ1) is 19.9. The second-order valence-corrected chi connectivity index (χ2v) is 7.73. The van der Waals surface area contributed by atoms with Crippen molar-refractivity contribution in [2.24, 2.45) is 0 Å². The third-order valence-corrected chi connectivity index (χ3v) is 5.62. The van der Waals surface area contributed by atoms with Crippen LogP contribution in [0.5, 0.6) is 0 Å². The van der Waals surface area contributed by atoms with Gasteiger partial charge in [0, 0.05) is 6.54 Å². The predicted octanol–water partition coefficient (Wildman–Crippen LogP) is 4.22. The van der Waals surface area contributed by atoms with Gasteiger partial charge in [0.25, 0.3) is 5.22 Å². The van der Waals surface area contributed by atoms with Gasteiger partial charge in [-0.2, -0.15) is 0 Å². The summed E-state index contributed by atoms with van der Waals surface area (Å²) in [6, 6.07) is 13.3. The maximum absolute atomic E-state index is 13.1. The van der Waals surface area contributed by atoms with Crippen LogP contribution in [0.4, 0.5) is 4.39 Å². The highest BCUT2D eigenvalue weighted by Gasteiger charge is 2.26. The van der Waals surface area contributed by atoms with Gasteiger partial charge < -0.3 is 14.1 Å². The summed E-state index contributed by atoms with van der Waals surface area (Å²) >= 11 is 7.32. The largest absolute Gasteiger partial charge is 0.411 e. The van der Waals surface area contributed by atoms with Gasteiger partial charge >= 0.3 is 0 Å². The molecule has 1 fully saturated rings. The lowest BCUT2D eigenvalue weighted by molar-refractivity contribution is -0.136. The number of thioether (sulfide) groups is 1. The number of halogens is 2. The van der Waals surface area contributed by atoms with E-state index in [4.69, 9.17) is 20.8 Å². The number of hydrogen-bond acceptors (Lipinski definition) is 6. The van der Waals surface area contributed by atoms with Crippen LogP contribution in [0.1, 0.15) is 11.7 Å². The van der Waals surface area contributed by atoms with E-state index in [0.29, 0.717) is 41.4 Å². The monoisotopic (exact) mass is 433 g/mol. The Kier molecular flexibility index (Phi) is 6.13. The molecule has 0 aliphatic carbocycles. The molecule has 6 nitrogen and oxygen atoms in total. The van der Waals surface area contributed by atoms with E-state index in [9.17, 15) is 9.18 Å². The molecule has 29 heavy (non-hydrogen) atoms. The lowest BCUT2D eigenvalue weighted by Crippen LogP contribution is -2.43. The summed E-state index contributed by atoms with van der Waals surface area (Å²) in [4.78, 5) is 14.3. The van der Waals surface area contributed by atoms with Gasteiger partial charge in [0.2, 0.25) is 11.8 Å². The first-order valence-electron chi connectivity index (χ1n) is 8.96. The van der Waals surface area contributed by atoms with Crippen molar-refractivity contribution in [2.45, 2.75) is 11.3 Å². The third kappa shape index (κ3) is 4.77. The van der Waals surface area contributed by atoms with Crippen LogP contribution in [0, 0.1) is 5.82 Å². The smallest absolute Gasteiger partial charge is 0.277 e. The van der Waals surface area contributed by atoms with Gasteiger partial charge in [-0.3, -0.25) is 4.79 Å². The molecule has 0 N–H and O–H groups in total. The standard InChI is InChI=1S/C20H17ClFN3O3S/c21-16-4-2-1-3-15(16)19-23-24-20(28-19)29-12-18(26)25-9-10-27-17(11-25)13-5-7-14(22)8-6-13/h1-8,17H,9-12H2. The maximum atomic E-state index is 13.1. The molecular formula is C20H17ClFN3O3S. The highest BCUT2D eigenvalue weighted by Crippen LogP contribution is 2.29. The third-order valence-electron chi connectivity index (χ3n) is 4.49. The number of hydrogen-bond donors (Lipinski definition) is 0. The number of ether oxygens (including phenoxy) is 1. The average Bonchev–Trinajstić information content (AvgIpc) is 3.22. The Labute approximate surface area is 176 Å². The molecule has 2 aromatic carbocycles. The SMILES string of the molecule is O=C(CSc1nnc(-c2ccccc2Cl)o1)N1CCOC(c2ccc(F)cc2)C1. The Balaban J connectivity index is 1.35. The summed E-state index contributed by atoms with van der Waals surface area (Å²) in [5.74, 6) is 0.126. The molecule has 0 spiro atoms. The molecule has 1 atom stereocenters. The Bertz CT molecular complexity index is 999. The van der Waals surface area contributed by atoms with Gasteiger partial charge in [-0.15, -0.1) is 10.2 Å². The van der Waals surface area contributed by atoms with Crippen LogP contribution >= 0.6 is 23.4 Å². The molecule has 0 bridgehead atoms. The maximum Gasteiger partial charge on any atom is 0.277 e. The summed E-state index contributed by atoms with van der Waals surface area (Å²) < 4.78 is 24.5. The van der Waals surface area contributed by atoms with Crippen LogP contribution in [-0.4, -0.2) is 46.5 Å². The zero-order valence-corrected chi connectivity index (χ0v) is 16.8. The van der Waals surface area contributed by atoms with Gasteiger partial charge in [0.15, 0.2) is 0 Å².